The molecule has 7 aromatic carbocycles. The number of hydrogen-bond acceptors (Lipinski definition) is 3. The maximum absolute atomic E-state index is 6.37. The Balaban J connectivity index is 1.31. The van der Waals surface area contributed by atoms with Crippen LogP contribution < -0.4 is 4.90 Å². The van der Waals surface area contributed by atoms with Gasteiger partial charge in [-0.3, -0.25) is 0 Å². The highest BCUT2D eigenvalue weighted by Crippen LogP contribution is 2.47. The zero-order chi connectivity index (χ0) is 29.7. The van der Waals surface area contributed by atoms with E-state index in [0.717, 1.165) is 39.0 Å². The maximum Gasteiger partial charge on any atom is 0.137 e. The van der Waals surface area contributed by atoms with Crippen LogP contribution in [0.1, 0.15) is 0 Å². The van der Waals surface area contributed by atoms with Crippen molar-refractivity contribution in [1.82, 2.24) is 0 Å². The summed E-state index contributed by atoms with van der Waals surface area (Å²) < 4.78 is 8.99. The largest absolute Gasteiger partial charge is 0.456 e. The second-order valence-electron chi connectivity index (χ2n) is 11.3. The number of thiophene rings is 1. The summed E-state index contributed by atoms with van der Waals surface area (Å²) in [5.74, 6) is 0. The summed E-state index contributed by atoms with van der Waals surface area (Å²) in [5, 5.41) is 4.83. The first kappa shape index (κ1) is 25.8. The van der Waals surface area contributed by atoms with Crippen LogP contribution in [0, 0.1) is 0 Å². The normalized spacial score (nSPS) is 11.6. The van der Waals surface area contributed by atoms with Crippen molar-refractivity contribution in [2.24, 2.45) is 0 Å². The second kappa shape index (κ2) is 10.5. The highest BCUT2D eigenvalue weighted by Gasteiger charge is 2.22. The van der Waals surface area contributed by atoms with Gasteiger partial charge in [0.25, 0.3) is 0 Å². The molecule has 0 aliphatic heterocycles. The predicted molar refractivity (Wildman–Crippen MR) is 192 cm³/mol. The fraction of sp³-hybridized carbons (Fsp3) is 0. The van der Waals surface area contributed by atoms with E-state index in [1.807, 2.05) is 23.5 Å². The lowest BCUT2D eigenvalue weighted by molar-refractivity contribution is 0.669. The number of anilines is 3. The van der Waals surface area contributed by atoms with Crippen molar-refractivity contribution in [3.05, 3.63) is 164 Å². The number of rotatable bonds is 5. The number of hydrogen-bond donors (Lipinski definition) is 0. The zero-order valence-corrected chi connectivity index (χ0v) is 25.2. The molecule has 9 aromatic rings. The van der Waals surface area contributed by atoms with E-state index in [4.69, 9.17) is 4.42 Å². The Kier molecular flexibility index (Phi) is 6.03. The van der Waals surface area contributed by atoms with Crippen molar-refractivity contribution >= 4 is 70.5 Å². The van der Waals surface area contributed by atoms with Crippen molar-refractivity contribution < 1.29 is 4.42 Å². The van der Waals surface area contributed by atoms with Gasteiger partial charge in [0.2, 0.25) is 0 Å². The maximum atomic E-state index is 6.37. The van der Waals surface area contributed by atoms with Crippen LogP contribution in [0.15, 0.2) is 168 Å². The molecule has 0 aliphatic carbocycles. The first-order valence-corrected chi connectivity index (χ1v) is 16.0. The van der Waals surface area contributed by atoms with Gasteiger partial charge in [-0.15, -0.1) is 11.3 Å². The van der Waals surface area contributed by atoms with Crippen LogP contribution in [-0.2, 0) is 0 Å². The van der Waals surface area contributed by atoms with Crippen LogP contribution in [0.2, 0.25) is 0 Å². The van der Waals surface area contributed by atoms with E-state index >= 15 is 0 Å². The lowest BCUT2D eigenvalue weighted by Gasteiger charge is -2.29. The first-order valence-electron chi connectivity index (χ1n) is 15.2. The van der Waals surface area contributed by atoms with Gasteiger partial charge in [-0.2, -0.15) is 0 Å². The van der Waals surface area contributed by atoms with E-state index in [1.165, 1.54) is 42.4 Å². The van der Waals surface area contributed by atoms with Gasteiger partial charge in [0.05, 0.1) is 16.8 Å². The van der Waals surface area contributed by atoms with Crippen LogP contribution in [0.25, 0.3) is 64.4 Å². The number of fused-ring (bicyclic) bond motifs is 6. The van der Waals surface area contributed by atoms with E-state index in [1.54, 1.807) is 0 Å². The van der Waals surface area contributed by atoms with Crippen LogP contribution in [0.5, 0.6) is 0 Å². The summed E-state index contributed by atoms with van der Waals surface area (Å²) in [7, 11) is 0. The molecule has 0 fully saturated rings. The van der Waals surface area contributed by atoms with Crippen molar-refractivity contribution in [2.45, 2.75) is 0 Å². The third kappa shape index (κ3) is 4.32. The molecular weight excluding hydrogens is 567 g/mol. The minimum atomic E-state index is 0.877. The van der Waals surface area contributed by atoms with Gasteiger partial charge in [0.1, 0.15) is 11.2 Å². The molecule has 0 spiro atoms. The van der Waals surface area contributed by atoms with Crippen LogP contribution in [0.3, 0.4) is 0 Å². The van der Waals surface area contributed by atoms with E-state index < -0.39 is 0 Å². The third-order valence-electron chi connectivity index (χ3n) is 8.67. The van der Waals surface area contributed by atoms with Gasteiger partial charge in [0.15, 0.2) is 0 Å². The summed E-state index contributed by atoms with van der Waals surface area (Å²) in [6.07, 6.45) is 0. The summed E-state index contributed by atoms with van der Waals surface area (Å²) in [6, 6.07) is 58.5. The highest BCUT2D eigenvalue weighted by molar-refractivity contribution is 7.25. The van der Waals surface area contributed by atoms with Crippen LogP contribution in [0.4, 0.5) is 17.1 Å². The number of nitrogens with zero attached hydrogens (tertiary/aromatic N) is 1. The molecule has 212 valence electrons. The fourth-order valence-electron chi connectivity index (χ4n) is 6.61. The molecule has 0 aliphatic rings. The Hall–Kier alpha value is -5.64. The number of benzene rings is 7. The molecule has 0 saturated carbocycles. The van der Waals surface area contributed by atoms with Crippen molar-refractivity contribution in [3.63, 3.8) is 0 Å². The lowest BCUT2D eigenvalue weighted by Crippen LogP contribution is -2.11. The molecule has 0 amide bonds. The molecule has 0 radical (unpaired) electrons. The molecule has 0 atom stereocenters. The third-order valence-corrected chi connectivity index (χ3v) is 9.80. The molecule has 2 aromatic heterocycles. The van der Waals surface area contributed by atoms with Crippen LogP contribution >= 0.6 is 11.3 Å². The topological polar surface area (TPSA) is 16.4 Å². The van der Waals surface area contributed by atoms with Crippen molar-refractivity contribution in [1.29, 1.82) is 0 Å². The van der Waals surface area contributed by atoms with Gasteiger partial charge in [-0.25, -0.2) is 0 Å². The molecule has 2 nitrogen and oxygen atoms in total. The van der Waals surface area contributed by atoms with E-state index in [0.29, 0.717) is 0 Å². The van der Waals surface area contributed by atoms with Crippen LogP contribution in [-0.4, -0.2) is 0 Å². The predicted octanol–water partition coefficient (Wildman–Crippen LogP) is 12.8. The zero-order valence-electron chi connectivity index (χ0n) is 24.4. The summed E-state index contributed by atoms with van der Waals surface area (Å²) in [6.45, 7) is 0. The smallest absolute Gasteiger partial charge is 0.137 e. The molecule has 0 bridgehead atoms. The minimum absolute atomic E-state index is 0.877. The quantitative estimate of drug-likeness (QED) is 0.197. The molecule has 9 rings (SSSR count). The molecule has 0 N–H and O–H groups in total. The lowest BCUT2D eigenvalue weighted by atomic mass is 9.99. The Morgan fingerprint density at radius 2 is 1.11 bits per heavy atom. The van der Waals surface area contributed by atoms with Gasteiger partial charge < -0.3 is 9.32 Å². The van der Waals surface area contributed by atoms with E-state index in [-0.39, 0.29) is 0 Å². The SMILES string of the molecule is c1ccc(-c2cccc(N(c3ccccc3-c3ccc4c(c3)sc3ccccc34)c3cccc4oc5ccccc5c34)c2)cc1. The fourth-order valence-corrected chi connectivity index (χ4v) is 7.76. The highest BCUT2D eigenvalue weighted by atomic mass is 32.1. The molecular formula is C42H27NOS. The molecule has 0 unspecified atom stereocenters. The molecule has 0 saturated heterocycles. The number of furan rings is 1. The second-order valence-corrected chi connectivity index (χ2v) is 12.4. The Labute approximate surface area is 265 Å². The average molecular weight is 594 g/mol. The minimum Gasteiger partial charge on any atom is -0.456 e. The van der Waals surface area contributed by atoms with Gasteiger partial charge in [-0.05, 0) is 65.2 Å². The Morgan fingerprint density at radius 3 is 2.04 bits per heavy atom. The van der Waals surface area contributed by atoms with Gasteiger partial charge in [-0.1, -0.05) is 115 Å². The molecule has 2 heterocycles. The van der Waals surface area contributed by atoms with Gasteiger partial charge in [0, 0.05) is 36.8 Å². The Bertz CT molecular complexity index is 2510. The first-order chi connectivity index (χ1) is 22.3. The monoisotopic (exact) mass is 593 g/mol. The van der Waals surface area contributed by atoms with Crippen molar-refractivity contribution in [3.8, 4) is 22.3 Å². The summed E-state index contributed by atoms with van der Waals surface area (Å²) in [4.78, 5) is 2.40. The van der Waals surface area contributed by atoms with E-state index in [9.17, 15) is 0 Å². The molecule has 45 heavy (non-hydrogen) atoms. The van der Waals surface area contributed by atoms with Gasteiger partial charge >= 0.3 is 0 Å². The number of para-hydroxylation sites is 2. The average Bonchev–Trinajstić information content (AvgIpc) is 3.68. The summed E-state index contributed by atoms with van der Waals surface area (Å²) >= 11 is 1.86. The van der Waals surface area contributed by atoms with E-state index in [2.05, 4.69) is 157 Å². The summed E-state index contributed by atoms with van der Waals surface area (Å²) in [5.41, 5.74) is 9.78. The van der Waals surface area contributed by atoms with Crippen molar-refractivity contribution in [2.75, 3.05) is 4.90 Å². The standard InChI is InChI=1S/C42H27NOS/c1-2-12-28(13-3-1)29-14-10-15-31(26-29)43(37-20-11-22-39-42(37)35-18-5-8-21-38(35)44-39)36-19-7-4-16-32(36)30-24-25-34-33-17-6-9-23-40(33)45-41(34)27-30/h1-27H. The molecule has 3 heteroatoms. The Morgan fingerprint density at radius 1 is 0.422 bits per heavy atom.